The van der Waals surface area contributed by atoms with Crippen LogP contribution < -0.4 is 15.1 Å². The Hall–Kier alpha value is -2.63. The van der Waals surface area contributed by atoms with Crippen molar-refractivity contribution >= 4 is 17.5 Å². The van der Waals surface area contributed by atoms with Gasteiger partial charge in [-0.25, -0.2) is 9.78 Å². The van der Waals surface area contributed by atoms with E-state index in [0.717, 1.165) is 60.8 Å². The number of urea groups is 1. The summed E-state index contributed by atoms with van der Waals surface area (Å²) in [6.45, 7) is 3.87. The van der Waals surface area contributed by atoms with E-state index in [1.54, 1.807) is 6.20 Å². The molecule has 5 rings (SSSR count). The molecule has 2 bridgehead atoms. The number of nitrogens with one attached hydrogen (secondary N) is 1. The monoisotopic (exact) mass is 335 g/mol. The molecule has 4 heterocycles. The minimum absolute atomic E-state index is 0.00265. The van der Waals surface area contributed by atoms with E-state index in [1.807, 2.05) is 30.0 Å². The molecule has 2 aromatic rings. The summed E-state index contributed by atoms with van der Waals surface area (Å²) in [4.78, 5) is 26.4. The van der Waals surface area contributed by atoms with Gasteiger partial charge in [-0.1, -0.05) is 0 Å². The maximum absolute atomic E-state index is 12.9. The van der Waals surface area contributed by atoms with Gasteiger partial charge in [0.25, 0.3) is 0 Å². The van der Waals surface area contributed by atoms with E-state index in [0.29, 0.717) is 6.04 Å². The molecule has 6 nitrogen and oxygen atoms in total. The maximum atomic E-state index is 12.9. The zero-order chi connectivity index (χ0) is 17.0. The number of fused-ring (bicyclic) bond motifs is 4. The first-order valence-corrected chi connectivity index (χ1v) is 8.98. The molecule has 0 spiro atoms. The lowest BCUT2D eigenvalue weighted by atomic mass is 10.1. The Balaban J connectivity index is 1.59. The average molecular weight is 335 g/mol. The molecular formula is C19H21N5O. The van der Waals surface area contributed by atoms with E-state index in [4.69, 9.17) is 4.98 Å². The maximum Gasteiger partial charge on any atom is 0.323 e. The lowest BCUT2D eigenvalue weighted by Crippen LogP contribution is -2.51. The van der Waals surface area contributed by atoms with Gasteiger partial charge in [0.05, 0.1) is 17.4 Å². The Bertz CT molecular complexity index is 847. The normalized spacial score (nSPS) is 21.2. The summed E-state index contributed by atoms with van der Waals surface area (Å²) in [5, 5.41) is 3.13. The topological polar surface area (TPSA) is 61.4 Å². The summed E-state index contributed by atoms with van der Waals surface area (Å²) in [5.74, 6) is 0.785. The van der Waals surface area contributed by atoms with E-state index in [-0.39, 0.29) is 12.1 Å². The number of anilines is 2. The second kappa shape index (κ2) is 5.44. The molecule has 128 valence electrons. The molecule has 0 aromatic carbocycles. The van der Waals surface area contributed by atoms with Gasteiger partial charge in [0, 0.05) is 36.6 Å². The predicted octanol–water partition coefficient (Wildman–Crippen LogP) is 2.72. The zero-order valence-electron chi connectivity index (χ0n) is 14.3. The molecule has 6 heteroatoms. The van der Waals surface area contributed by atoms with Crippen molar-refractivity contribution < 1.29 is 4.79 Å². The molecule has 0 radical (unpaired) electrons. The molecule has 1 N–H and O–H groups in total. The Kier molecular flexibility index (Phi) is 3.20. The molecular weight excluding hydrogens is 314 g/mol. The van der Waals surface area contributed by atoms with Crippen LogP contribution >= 0.6 is 0 Å². The van der Waals surface area contributed by atoms with Crippen molar-refractivity contribution in [2.45, 2.75) is 38.3 Å². The summed E-state index contributed by atoms with van der Waals surface area (Å²) in [6, 6.07) is 8.66. The molecule has 0 unspecified atom stereocenters. The van der Waals surface area contributed by atoms with Crippen LogP contribution in [-0.4, -0.2) is 41.2 Å². The third-order valence-electron chi connectivity index (χ3n) is 5.36. The fourth-order valence-electron chi connectivity index (χ4n) is 3.85. The van der Waals surface area contributed by atoms with Crippen LogP contribution in [0.2, 0.25) is 0 Å². The van der Waals surface area contributed by atoms with Gasteiger partial charge in [-0.05, 0) is 50.5 Å². The summed E-state index contributed by atoms with van der Waals surface area (Å²) in [5.41, 5.74) is 3.89. The van der Waals surface area contributed by atoms with Gasteiger partial charge < -0.3 is 10.2 Å². The third-order valence-corrected chi connectivity index (χ3v) is 5.36. The fourth-order valence-corrected chi connectivity index (χ4v) is 3.85. The number of hydrogen-bond acceptors (Lipinski definition) is 4. The number of carbonyl (C=O) groups excluding carboxylic acids is 1. The summed E-state index contributed by atoms with van der Waals surface area (Å²) >= 11 is 0. The Morgan fingerprint density at radius 1 is 1.24 bits per heavy atom. The van der Waals surface area contributed by atoms with Crippen LogP contribution in [-0.2, 0) is 0 Å². The fraction of sp³-hybridized carbons (Fsp3) is 0.421. The van der Waals surface area contributed by atoms with Crippen LogP contribution in [0.25, 0.3) is 11.3 Å². The molecule has 25 heavy (non-hydrogen) atoms. The van der Waals surface area contributed by atoms with E-state index in [9.17, 15) is 4.79 Å². The van der Waals surface area contributed by atoms with Gasteiger partial charge >= 0.3 is 6.03 Å². The largest absolute Gasteiger partial charge is 0.366 e. The van der Waals surface area contributed by atoms with Crippen LogP contribution in [0.5, 0.6) is 0 Å². The SMILES string of the molecule is Cc1ncccc1-c1ccc2c(n1)N(C(=O)NC1CC1)[C@H]1CCN2C1. The van der Waals surface area contributed by atoms with Gasteiger partial charge in [-0.2, -0.15) is 0 Å². The van der Waals surface area contributed by atoms with Crippen molar-refractivity contribution in [3.63, 3.8) is 0 Å². The van der Waals surface area contributed by atoms with Gasteiger partial charge in [-0.15, -0.1) is 0 Å². The van der Waals surface area contributed by atoms with Crippen LogP contribution in [0.1, 0.15) is 25.0 Å². The van der Waals surface area contributed by atoms with Crippen molar-refractivity contribution in [1.82, 2.24) is 15.3 Å². The minimum atomic E-state index is 0.00265. The molecule has 1 saturated carbocycles. The lowest BCUT2D eigenvalue weighted by molar-refractivity contribution is 0.243. The first-order chi connectivity index (χ1) is 12.2. The van der Waals surface area contributed by atoms with Crippen molar-refractivity contribution in [3.05, 3.63) is 36.2 Å². The Labute approximate surface area is 146 Å². The van der Waals surface area contributed by atoms with E-state index < -0.39 is 0 Å². The number of aromatic nitrogens is 2. The highest BCUT2D eigenvalue weighted by molar-refractivity contribution is 5.97. The number of aryl methyl sites for hydroxylation is 1. The van der Waals surface area contributed by atoms with Crippen molar-refractivity contribution in [2.75, 3.05) is 22.9 Å². The van der Waals surface area contributed by atoms with Crippen LogP contribution in [0.3, 0.4) is 0 Å². The smallest absolute Gasteiger partial charge is 0.323 e. The van der Waals surface area contributed by atoms with Crippen molar-refractivity contribution in [1.29, 1.82) is 0 Å². The number of rotatable bonds is 2. The molecule has 2 aromatic heterocycles. The molecule has 1 aliphatic carbocycles. The van der Waals surface area contributed by atoms with E-state index >= 15 is 0 Å². The molecule has 1 atom stereocenters. The lowest BCUT2D eigenvalue weighted by Gasteiger charge is -2.36. The van der Waals surface area contributed by atoms with E-state index in [2.05, 4.69) is 21.3 Å². The molecule has 2 fully saturated rings. The van der Waals surface area contributed by atoms with Gasteiger partial charge in [0.2, 0.25) is 0 Å². The standard InChI is InChI=1S/C19H21N5O/c1-12-15(3-2-9-20-12)16-6-7-17-18(22-16)24(14-8-10-23(17)11-14)19(25)21-13-4-5-13/h2-3,6-7,9,13-14H,4-5,8,10-11H2,1H3,(H,21,25)/t14-/m0/s1. The van der Waals surface area contributed by atoms with Crippen LogP contribution in [0.4, 0.5) is 16.3 Å². The highest BCUT2D eigenvalue weighted by Crippen LogP contribution is 2.40. The number of hydrogen-bond donors (Lipinski definition) is 1. The molecule has 1 saturated heterocycles. The zero-order valence-corrected chi connectivity index (χ0v) is 14.3. The highest BCUT2D eigenvalue weighted by atomic mass is 16.2. The number of carbonyl (C=O) groups is 1. The first kappa shape index (κ1) is 14.7. The van der Waals surface area contributed by atoms with Crippen LogP contribution in [0.15, 0.2) is 30.5 Å². The van der Waals surface area contributed by atoms with Gasteiger partial charge in [0.15, 0.2) is 5.82 Å². The number of nitrogens with zero attached hydrogens (tertiary/aromatic N) is 4. The van der Waals surface area contributed by atoms with Gasteiger partial charge in [-0.3, -0.25) is 9.88 Å². The third kappa shape index (κ3) is 2.44. The number of pyridine rings is 2. The first-order valence-electron chi connectivity index (χ1n) is 8.98. The van der Waals surface area contributed by atoms with E-state index in [1.165, 1.54) is 0 Å². The molecule has 2 amide bonds. The average Bonchev–Trinajstić information content (AvgIpc) is 3.33. The molecule has 2 aliphatic heterocycles. The quantitative estimate of drug-likeness (QED) is 0.917. The Morgan fingerprint density at radius 2 is 2.12 bits per heavy atom. The summed E-state index contributed by atoms with van der Waals surface area (Å²) in [6.07, 6.45) is 4.96. The van der Waals surface area contributed by atoms with Crippen LogP contribution in [0, 0.1) is 6.92 Å². The van der Waals surface area contributed by atoms with Crippen molar-refractivity contribution in [2.24, 2.45) is 0 Å². The Morgan fingerprint density at radius 3 is 2.92 bits per heavy atom. The summed E-state index contributed by atoms with van der Waals surface area (Å²) < 4.78 is 0. The summed E-state index contributed by atoms with van der Waals surface area (Å²) in [7, 11) is 0. The van der Waals surface area contributed by atoms with Crippen molar-refractivity contribution in [3.8, 4) is 11.3 Å². The minimum Gasteiger partial charge on any atom is -0.366 e. The van der Waals surface area contributed by atoms with Gasteiger partial charge in [0.1, 0.15) is 0 Å². The number of amides is 2. The molecule has 3 aliphatic rings. The highest BCUT2D eigenvalue weighted by Gasteiger charge is 2.41. The second-order valence-electron chi connectivity index (χ2n) is 7.16. The predicted molar refractivity (Wildman–Crippen MR) is 96.9 cm³/mol. The second-order valence-corrected chi connectivity index (χ2v) is 7.16.